The Kier molecular flexibility index (Phi) is 4.50. The molecule has 1 fully saturated rings. The van der Waals surface area contributed by atoms with E-state index in [0.717, 1.165) is 52.5 Å². The van der Waals surface area contributed by atoms with Crippen molar-refractivity contribution in [2.45, 2.75) is 25.5 Å². The summed E-state index contributed by atoms with van der Waals surface area (Å²) in [6.45, 7) is 0.781. The first-order valence-electron chi connectivity index (χ1n) is 8.25. The Morgan fingerprint density at radius 2 is 2.20 bits per heavy atom. The first kappa shape index (κ1) is 16.2. The number of hydrogen-bond donors (Lipinski definition) is 1. The Labute approximate surface area is 153 Å². The van der Waals surface area contributed by atoms with E-state index in [4.69, 9.17) is 10.6 Å². The molecule has 0 aliphatic carbocycles. The normalized spacial score (nSPS) is 18.6. The van der Waals surface area contributed by atoms with Crippen LogP contribution in [-0.2, 0) is 4.74 Å². The Bertz CT molecular complexity index is 930. The van der Waals surface area contributed by atoms with Crippen molar-refractivity contribution >= 4 is 32.5 Å². The molecule has 128 valence electrons. The lowest BCUT2D eigenvalue weighted by atomic mass is 10.0. The summed E-state index contributed by atoms with van der Waals surface area (Å²) in [7, 11) is 0. The molecule has 7 heteroatoms. The summed E-state index contributed by atoms with van der Waals surface area (Å²) >= 11 is 3.46. The summed E-state index contributed by atoms with van der Waals surface area (Å²) in [5.74, 6) is 5.67. The van der Waals surface area contributed by atoms with Gasteiger partial charge in [-0.3, -0.25) is 4.98 Å². The lowest BCUT2D eigenvalue weighted by molar-refractivity contribution is -0.0366. The van der Waals surface area contributed by atoms with E-state index >= 15 is 0 Å². The number of halogens is 1. The molecule has 25 heavy (non-hydrogen) atoms. The van der Waals surface area contributed by atoms with E-state index < -0.39 is 0 Å². The summed E-state index contributed by atoms with van der Waals surface area (Å²) in [6.07, 6.45) is 6.83. The molecular weight excluding hydrogens is 382 g/mol. The van der Waals surface area contributed by atoms with Gasteiger partial charge in [-0.1, -0.05) is 28.1 Å². The maximum absolute atomic E-state index is 5.88. The number of ether oxygens (including phenoxy) is 1. The molecule has 0 saturated carbocycles. The van der Waals surface area contributed by atoms with Gasteiger partial charge in [0.15, 0.2) is 6.23 Å². The van der Waals surface area contributed by atoms with Gasteiger partial charge < -0.3 is 10.6 Å². The van der Waals surface area contributed by atoms with Crippen LogP contribution < -0.4 is 5.84 Å². The summed E-state index contributed by atoms with van der Waals surface area (Å²) in [6, 6.07) is 9.84. The van der Waals surface area contributed by atoms with E-state index in [0.29, 0.717) is 5.71 Å². The van der Waals surface area contributed by atoms with Crippen LogP contribution >= 0.6 is 15.9 Å². The number of hydrazone groups is 1. The molecule has 0 amide bonds. The Morgan fingerprint density at radius 3 is 2.96 bits per heavy atom. The minimum absolute atomic E-state index is 0.0104. The highest BCUT2D eigenvalue weighted by Gasteiger charge is 2.19. The third-order valence-electron chi connectivity index (χ3n) is 4.39. The summed E-state index contributed by atoms with van der Waals surface area (Å²) in [5.41, 5.74) is 3.27. The zero-order valence-electron chi connectivity index (χ0n) is 13.6. The molecule has 6 nitrogen and oxygen atoms in total. The zero-order valence-corrected chi connectivity index (χ0v) is 15.2. The Morgan fingerprint density at radius 1 is 1.28 bits per heavy atom. The summed E-state index contributed by atoms with van der Waals surface area (Å²) in [4.78, 5) is 4.38. The summed E-state index contributed by atoms with van der Waals surface area (Å²) < 4.78 is 8.77. The molecule has 0 spiro atoms. The molecular formula is C18H18BrN5O. The van der Waals surface area contributed by atoms with Crippen LogP contribution in [0.2, 0.25) is 0 Å². The van der Waals surface area contributed by atoms with E-state index in [-0.39, 0.29) is 6.23 Å². The summed E-state index contributed by atoms with van der Waals surface area (Å²) in [5, 5.41) is 9.57. The number of pyridine rings is 1. The first-order valence-corrected chi connectivity index (χ1v) is 9.04. The van der Waals surface area contributed by atoms with Crippen molar-refractivity contribution in [1.29, 1.82) is 0 Å². The zero-order chi connectivity index (χ0) is 17.2. The van der Waals surface area contributed by atoms with Crippen molar-refractivity contribution in [3.8, 4) is 0 Å². The molecule has 2 N–H and O–H groups in total. The van der Waals surface area contributed by atoms with Gasteiger partial charge in [0.1, 0.15) is 5.71 Å². The highest BCUT2D eigenvalue weighted by atomic mass is 79.9. The van der Waals surface area contributed by atoms with Crippen LogP contribution in [0.1, 0.15) is 36.7 Å². The highest BCUT2D eigenvalue weighted by molar-refractivity contribution is 9.10. The van der Waals surface area contributed by atoms with E-state index in [9.17, 15) is 0 Å². The minimum atomic E-state index is -0.0104. The van der Waals surface area contributed by atoms with Crippen molar-refractivity contribution in [2.24, 2.45) is 10.9 Å². The third-order valence-corrected chi connectivity index (χ3v) is 4.89. The van der Waals surface area contributed by atoms with Crippen molar-refractivity contribution in [3.63, 3.8) is 0 Å². The van der Waals surface area contributed by atoms with Gasteiger partial charge in [0.25, 0.3) is 0 Å². The molecule has 3 heterocycles. The third kappa shape index (κ3) is 3.17. The number of fused-ring (bicyclic) bond motifs is 1. The van der Waals surface area contributed by atoms with Gasteiger partial charge >= 0.3 is 0 Å². The van der Waals surface area contributed by atoms with Gasteiger partial charge in [0.2, 0.25) is 0 Å². The van der Waals surface area contributed by atoms with Crippen LogP contribution in [0.3, 0.4) is 0 Å². The molecule has 2 aromatic heterocycles. The predicted molar refractivity (Wildman–Crippen MR) is 100 cm³/mol. The van der Waals surface area contributed by atoms with Crippen LogP contribution in [0.4, 0.5) is 0 Å². The average Bonchev–Trinajstić information content (AvgIpc) is 3.06. The predicted octanol–water partition coefficient (Wildman–Crippen LogP) is 3.60. The van der Waals surface area contributed by atoms with E-state index in [1.54, 1.807) is 6.20 Å². The smallest absolute Gasteiger partial charge is 0.150 e. The molecule has 4 rings (SSSR count). The largest absolute Gasteiger partial charge is 0.356 e. The van der Waals surface area contributed by atoms with E-state index in [1.807, 2.05) is 35.1 Å². The molecule has 1 aliphatic rings. The fourth-order valence-electron chi connectivity index (χ4n) is 3.15. The maximum atomic E-state index is 5.88. The maximum Gasteiger partial charge on any atom is 0.150 e. The second-order valence-electron chi connectivity index (χ2n) is 6.02. The van der Waals surface area contributed by atoms with Crippen molar-refractivity contribution in [3.05, 3.63) is 58.5 Å². The second kappa shape index (κ2) is 6.93. The van der Waals surface area contributed by atoms with Gasteiger partial charge in [-0.15, -0.1) is 0 Å². The number of rotatable bonds is 3. The van der Waals surface area contributed by atoms with Crippen molar-refractivity contribution in [2.75, 3.05) is 6.61 Å². The van der Waals surface area contributed by atoms with E-state index in [1.165, 1.54) is 0 Å². The minimum Gasteiger partial charge on any atom is -0.356 e. The molecule has 1 aliphatic heterocycles. The van der Waals surface area contributed by atoms with Gasteiger partial charge in [-0.2, -0.15) is 10.2 Å². The van der Waals surface area contributed by atoms with Crippen LogP contribution in [0.25, 0.3) is 10.9 Å². The molecule has 0 radical (unpaired) electrons. The van der Waals surface area contributed by atoms with Crippen molar-refractivity contribution < 1.29 is 4.74 Å². The molecule has 1 saturated heterocycles. The fourth-order valence-corrected chi connectivity index (χ4v) is 3.49. The van der Waals surface area contributed by atoms with Crippen LogP contribution in [-0.4, -0.2) is 27.1 Å². The topological polar surface area (TPSA) is 78.3 Å². The average molecular weight is 400 g/mol. The van der Waals surface area contributed by atoms with Gasteiger partial charge in [0.05, 0.1) is 17.4 Å². The SMILES string of the molecule is N/N=C(/c1ccc2cnn(C3CCCCO3)c2c1)c1cc(Br)ccn1. The van der Waals surface area contributed by atoms with Crippen LogP contribution in [0.5, 0.6) is 0 Å². The number of aromatic nitrogens is 3. The lowest BCUT2D eigenvalue weighted by Crippen LogP contribution is -2.19. The fraction of sp³-hybridized carbons (Fsp3) is 0.278. The Balaban J connectivity index is 1.77. The van der Waals surface area contributed by atoms with Crippen LogP contribution in [0, 0.1) is 0 Å². The molecule has 1 unspecified atom stereocenters. The van der Waals surface area contributed by atoms with Crippen molar-refractivity contribution in [1.82, 2.24) is 14.8 Å². The molecule has 1 aromatic carbocycles. The number of hydrogen-bond acceptors (Lipinski definition) is 5. The molecule has 0 bridgehead atoms. The highest BCUT2D eigenvalue weighted by Crippen LogP contribution is 2.27. The molecule has 3 aromatic rings. The standard InChI is InChI=1S/C18H18BrN5O/c19-14-6-7-21-15(10-14)18(23-20)12-4-5-13-11-22-24(16(13)9-12)17-3-1-2-8-25-17/h4-7,9-11,17H,1-3,8,20H2/b23-18-. The van der Waals surface area contributed by atoms with Gasteiger partial charge in [0, 0.05) is 28.2 Å². The number of nitrogens with two attached hydrogens (primary N) is 1. The monoisotopic (exact) mass is 399 g/mol. The Hall–Kier alpha value is -2.25. The number of benzene rings is 1. The van der Waals surface area contributed by atoms with Gasteiger partial charge in [-0.05, 0) is 37.5 Å². The lowest BCUT2D eigenvalue weighted by Gasteiger charge is -2.23. The first-order chi connectivity index (χ1) is 12.3. The molecule has 1 atom stereocenters. The number of nitrogens with zero attached hydrogens (tertiary/aromatic N) is 4. The van der Waals surface area contributed by atoms with Gasteiger partial charge in [-0.25, -0.2) is 4.68 Å². The quantitative estimate of drug-likeness (QED) is 0.414. The van der Waals surface area contributed by atoms with E-state index in [2.05, 4.69) is 37.2 Å². The second-order valence-corrected chi connectivity index (χ2v) is 6.94. The van der Waals surface area contributed by atoms with Crippen LogP contribution in [0.15, 0.2) is 52.3 Å².